The zero-order chi connectivity index (χ0) is 26.7. The van der Waals surface area contributed by atoms with Gasteiger partial charge < -0.3 is 25.7 Å². The summed E-state index contributed by atoms with van der Waals surface area (Å²) in [5, 5.41) is 7.41. The minimum Gasteiger partial charge on any atom is -0.494 e. The van der Waals surface area contributed by atoms with E-state index in [0.717, 1.165) is 11.3 Å². The first-order valence-corrected chi connectivity index (χ1v) is 14.3. The lowest BCUT2D eigenvalue weighted by atomic mass is 10.1. The predicted octanol–water partition coefficient (Wildman–Crippen LogP) is 4.56. The Labute approximate surface area is 220 Å². The number of halogens is 1. The third-order valence-electron chi connectivity index (χ3n) is 5.64. The second-order valence-electron chi connectivity index (χ2n) is 8.71. The summed E-state index contributed by atoms with van der Waals surface area (Å²) in [6.07, 6.45) is 5.01. The van der Waals surface area contributed by atoms with E-state index in [9.17, 15) is 9.36 Å². The van der Waals surface area contributed by atoms with E-state index in [1.54, 1.807) is 45.0 Å². The number of rotatable bonds is 8. The number of carbonyl (C=O) groups is 1. The van der Waals surface area contributed by atoms with Crippen molar-refractivity contribution in [2.75, 3.05) is 31.1 Å². The predicted molar refractivity (Wildman–Crippen MR) is 147 cm³/mol. The van der Waals surface area contributed by atoms with Gasteiger partial charge in [-0.2, -0.15) is 9.55 Å². The minimum absolute atomic E-state index is 0.296. The van der Waals surface area contributed by atoms with Gasteiger partial charge in [-0.1, -0.05) is 23.7 Å². The van der Waals surface area contributed by atoms with Gasteiger partial charge in [-0.15, -0.1) is 0 Å². The number of amides is 1. The van der Waals surface area contributed by atoms with E-state index in [0.29, 0.717) is 44.8 Å². The number of pyridine rings is 1. The Morgan fingerprint density at radius 1 is 1.08 bits per heavy atom. The topological polar surface area (TPSA) is 123 Å². The molecule has 4 rings (SSSR count). The highest BCUT2D eigenvalue weighted by Crippen LogP contribution is 2.39. The van der Waals surface area contributed by atoms with E-state index in [1.807, 2.05) is 47.9 Å². The molecule has 9 nitrogen and oxygen atoms in total. The molecule has 0 atom stereocenters. The largest absolute Gasteiger partial charge is 0.494 e. The molecule has 11 heteroatoms. The smallest absolute Gasteiger partial charge is 0.249 e. The molecule has 0 aliphatic carbocycles. The molecule has 190 valence electrons. The monoisotopic (exact) mass is 537 g/mol. The summed E-state index contributed by atoms with van der Waals surface area (Å²) in [4.78, 5) is 20.2. The summed E-state index contributed by atoms with van der Waals surface area (Å²) in [5.41, 5.74) is 8.88. The van der Waals surface area contributed by atoms with E-state index in [-0.39, 0.29) is 0 Å². The van der Waals surface area contributed by atoms with Crippen LogP contribution in [0.4, 0.5) is 23.1 Å². The molecule has 0 aliphatic rings. The average molecular weight is 538 g/mol. The first kappa shape index (κ1) is 26.1. The van der Waals surface area contributed by atoms with Gasteiger partial charge in [0, 0.05) is 23.0 Å². The molecular weight excluding hydrogens is 511 g/mol. The lowest BCUT2D eigenvalue weighted by Crippen LogP contribution is -2.31. The van der Waals surface area contributed by atoms with Gasteiger partial charge in [-0.3, -0.25) is 4.79 Å². The maximum absolute atomic E-state index is 12.7. The number of nitrogens with zero attached hydrogens (tertiary/aromatic N) is 3. The number of para-hydroxylation sites is 1. The molecule has 0 fully saturated rings. The Kier molecular flexibility index (Phi) is 7.47. The highest BCUT2D eigenvalue weighted by atomic mass is 35.5. The van der Waals surface area contributed by atoms with Crippen LogP contribution >= 0.6 is 18.7 Å². The number of hydrogen-bond donors (Lipinski definition) is 3. The van der Waals surface area contributed by atoms with Crippen LogP contribution in [0.2, 0.25) is 5.02 Å². The number of ether oxygens (including phenoxy) is 1. The molecule has 0 spiro atoms. The van der Waals surface area contributed by atoms with Gasteiger partial charge in [0.25, 0.3) is 0 Å². The lowest BCUT2D eigenvalue weighted by Gasteiger charge is -2.16. The highest BCUT2D eigenvalue weighted by Gasteiger charge is 2.19. The molecule has 4 aromatic rings. The summed E-state index contributed by atoms with van der Waals surface area (Å²) >= 11 is 6.38. The fraction of sp³-hybridized carbons (Fsp3) is 0.154. The van der Waals surface area contributed by atoms with Crippen LogP contribution in [-0.2, 0) is 4.57 Å². The van der Waals surface area contributed by atoms with Crippen LogP contribution in [0.25, 0.3) is 5.69 Å². The Morgan fingerprint density at radius 2 is 1.78 bits per heavy atom. The number of carbonyl (C=O) groups excluding carboxylic acids is 1. The van der Waals surface area contributed by atoms with Crippen molar-refractivity contribution in [2.24, 2.45) is 5.73 Å². The number of primary amides is 1. The number of benzene rings is 2. The quantitative estimate of drug-likeness (QED) is 0.222. The van der Waals surface area contributed by atoms with Crippen LogP contribution < -0.4 is 31.0 Å². The molecule has 2 aromatic heterocycles. The van der Waals surface area contributed by atoms with Gasteiger partial charge in [0.2, 0.25) is 17.5 Å². The minimum atomic E-state index is -2.53. The normalized spacial score (nSPS) is 11.2. The molecule has 0 saturated heterocycles. The molecule has 0 bridgehead atoms. The van der Waals surface area contributed by atoms with Crippen molar-refractivity contribution in [3.8, 4) is 11.4 Å². The number of nitrogens with one attached hydrogen (secondary N) is 2. The zero-order valence-electron chi connectivity index (χ0n) is 20.8. The number of hydrogen-bond acceptors (Lipinski definition) is 7. The molecule has 37 heavy (non-hydrogen) atoms. The van der Waals surface area contributed by atoms with Crippen molar-refractivity contribution in [3.05, 3.63) is 83.3 Å². The lowest BCUT2D eigenvalue weighted by molar-refractivity contribution is -0.596. The first-order chi connectivity index (χ1) is 17.6. The van der Waals surface area contributed by atoms with Crippen LogP contribution in [0.1, 0.15) is 15.9 Å². The standard InChI is InChI=1S/C26H26ClN6O3P/c1-16-13-20(22(36-2)14-21(16)33-11-9-17(10-12-33)24(28)34)31-26-29-15-18(27)25(32-26)30-19-7-5-6-8-23(19)37(3,4)35/h5-15H,1-4H3,(H3-,28,29,30,31,32,34,35)/p+1. The van der Waals surface area contributed by atoms with E-state index in [2.05, 4.69) is 20.6 Å². The van der Waals surface area contributed by atoms with Gasteiger partial charge in [0.1, 0.15) is 17.9 Å². The van der Waals surface area contributed by atoms with Crippen molar-refractivity contribution in [2.45, 2.75) is 6.92 Å². The van der Waals surface area contributed by atoms with Gasteiger partial charge >= 0.3 is 0 Å². The Hall–Kier alpha value is -3.94. The zero-order valence-corrected chi connectivity index (χ0v) is 22.5. The van der Waals surface area contributed by atoms with Crippen molar-refractivity contribution in [1.82, 2.24) is 9.97 Å². The summed E-state index contributed by atoms with van der Waals surface area (Å²) < 4.78 is 20.2. The average Bonchev–Trinajstić information content (AvgIpc) is 2.86. The second-order valence-corrected chi connectivity index (χ2v) is 12.3. The number of aromatic nitrogens is 3. The number of methoxy groups -OCH3 is 1. The van der Waals surface area contributed by atoms with Gasteiger partial charge in [0.15, 0.2) is 18.2 Å². The van der Waals surface area contributed by atoms with Crippen molar-refractivity contribution < 1.29 is 18.7 Å². The molecule has 0 radical (unpaired) electrons. The second kappa shape index (κ2) is 10.6. The van der Waals surface area contributed by atoms with E-state index in [4.69, 9.17) is 22.1 Å². The SMILES string of the molecule is COc1cc(-[n+]2ccc(C(N)=O)cc2)c(C)cc1Nc1ncc(Cl)c(Nc2ccccc2P(C)(C)=O)n1. The summed E-state index contributed by atoms with van der Waals surface area (Å²) in [5.74, 6) is 0.741. The highest BCUT2D eigenvalue weighted by molar-refractivity contribution is 7.70. The third kappa shape index (κ3) is 5.90. The molecule has 0 aliphatic heterocycles. The molecule has 4 N–H and O–H groups in total. The van der Waals surface area contributed by atoms with E-state index >= 15 is 0 Å². The van der Waals surface area contributed by atoms with Crippen molar-refractivity contribution in [3.63, 3.8) is 0 Å². The summed E-state index contributed by atoms with van der Waals surface area (Å²) in [7, 11) is -0.964. The van der Waals surface area contributed by atoms with Crippen LogP contribution in [0, 0.1) is 6.92 Å². The molecule has 0 saturated carbocycles. The summed E-state index contributed by atoms with van der Waals surface area (Å²) in [6.45, 7) is 5.38. The molecule has 2 aromatic carbocycles. The van der Waals surface area contributed by atoms with Crippen LogP contribution in [0.3, 0.4) is 0 Å². The number of aryl methyl sites for hydroxylation is 1. The molecule has 0 unspecified atom stereocenters. The fourth-order valence-electron chi connectivity index (χ4n) is 3.79. The van der Waals surface area contributed by atoms with Gasteiger partial charge in [-0.25, -0.2) is 4.98 Å². The van der Waals surface area contributed by atoms with Crippen LogP contribution in [0.15, 0.2) is 67.1 Å². The number of nitrogens with two attached hydrogens (primary N) is 1. The van der Waals surface area contributed by atoms with Gasteiger partial charge in [0.05, 0.1) is 36.3 Å². The first-order valence-electron chi connectivity index (χ1n) is 11.3. The molecule has 2 heterocycles. The van der Waals surface area contributed by atoms with Crippen molar-refractivity contribution in [1.29, 1.82) is 0 Å². The number of anilines is 4. The van der Waals surface area contributed by atoms with Crippen LogP contribution in [-0.4, -0.2) is 36.3 Å². The van der Waals surface area contributed by atoms with Gasteiger partial charge in [-0.05, 0) is 38.5 Å². The molecule has 1 amide bonds. The Balaban J connectivity index is 1.64. The van der Waals surface area contributed by atoms with E-state index < -0.39 is 13.0 Å². The fourth-order valence-corrected chi connectivity index (χ4v) is 5.08. The Morgan fingerprint density at radius 3 is 2.43 bits per heavy atom. The molecular formula is C26H27ClN6O3P+. The Bertz CT molecular complexity index is 1520. The van der Waals surface area contributed by atoms with Crippen molar-refractivity contribution >= 4 is 53.1 Å². The maximum atomic E-state index is 12.7. The summed E-state index contributed by atoms with van der Waals surface area (Å²) in [6, 6.07) is 14.4. The third-order valence-corrected chi connectivity index (χ3v) is 7.46. The van der Waals surface area contributed by atoms with Crippen LogP contribution in [0.5, 0.6) is 5.75 Å². The maximum Gasteiger partial charge on any atom is 0.249 e. The van der Waals surface area contributed by atoms with E-state index in [1.165, 1.54) is 6.20 Å².